The van der Waals surface area contributed by atoms with Crippen molar-refractivity contribution in [2.45, 2.75) is 47.1 Å². The van der Waals surface area contributed by atoms with E-state index in [1.165, 1.54) is 4.90 Å². The highest BCUT2D eigenvalue weighted by molar-refractivity contribution is 6.36. The van der Waals surface area contributed by atoms with Crippen LogP contribution in [0.15, 0.2) is 48.2 Å². The highest BCUT2D eigenvalue weighted by Gasteiger charge is 2.39. The van der Waals surface area contributed by atoms with Gasteiger partial charge in [0, 0.05) is 5.69 Å². The zero-order valence-corrected chi connectivity index (χ0v) is 19.5. The molecule has 0 fully saturated rings. The maximum absolute atomic E-state index is 13.3. The van der Waals surface area contributed by atoms with Crippen LogP contribution >= 0.6 is 0 Å². The first-order chi connectivity index (χ1) is 15.3. The minimum atomic E-state index is -0.345. The molecular formula is C26H32N2O4. The second-order valence-corrected chi connectivity index (χ2v) is 8.23. The largest absolute Gasteiger partial charge is 0.494 e. The first kappa shape index (κ1) is 23.5. The van der Waals surface area contributed by atoms with E-state index in [1.807, 2.05) is 77.1 Å². The minimum Gasteiger partial charge on any atom is -0.494 e. The summed E-state index contributed by atoms with van der Waals surface area (Å²) in [5.41, 5.74) is 4.35. The molecule has 1 heterocycles. The van der Waals surface area contributed by atoms with Crippen LogP contribution in [0.25, 0.3) is 5.57 Å². The van der Waals surface area contributed by atoms with Crippen molar-refractivity contribution in [3.05, 3.63) is 64.9 Å². The first-order valence-corrected chi connectivity index (χ1v) is 11.1. The van der Waals surface area contributed by atoms with Crippen LogP contribution in [0.5, 0.6) is 5.75 Å². The van der Waals surface area contributed by atoms with Gasteiger partial charge in [-0.25, -0.2) is 0 Å². The van der Waals surface area contributed by atoms with Gasteiger partial charge in [-0.1, -0.05) is 25.1 Å². The van der Waals surface area contributed by atoms with Crippen LogP contribution in [0, 0.1) is 13.8 Å². The SMILES string of the molecule is CCCOc1ccc(C2=C(Nc3ccc(C)c(C)c3)C(=O)N(CCOC(C)C)C2=O)cc1. The van der Waals surface area contributed by atoms with Crippen LogP contribution in [0.2, 0.25) is 0 Å². The van der Waals surface area contributed by atoms with Crippen LogP contribution in [0.3, 0.4) is 0 Å². The Morgan fingerprint density at radius 3 is 2.28 bits per heavy atom. The lowest BCUT2D eigenvalue weighted by Crippen LogP contribution is -2.35. The molecule has 2 aromatic rings. The Bertz CT molecular complexity index is 1010. The van der Waals surface area contributed by atoms with E-state index in [4.69, 9.17) is 9.47 Å². The lowest BCUT2D eigenvalue weighted by atomic mass is 10.0. The molecule has 0 bridgehead atoms. The predicted molar refractivity (Wildman–Crippen MR) is 126 cm³/mol. The highest BCUT2D eigenvalue weighted by atomic mass is 16.5. The topological polar surface area (TPSA) is 67.9 Å². The number of anilines is 1. The van der Waals surface area contributed by atoms with Gasteiger partial charge in [0.1, 0.15) is 11.4 Å². The molecule has 0 spiro atoms. The molecule has 170 valence electrons. The van der Waals surface area contributed by atoms with Crippen molar-refractivity contribution >= 4 is 23.1 Å². The molecule has 1 aliphatic heterocycles. The van der Waals surface area contributed by atoms with Gasteiger partial charge in [-0.15, -0.1) is 0 Å². The van der Waals surface area contributed by atoms with E-state index < -0.39 is 0 Å². The summed E-state index contributed by atoms with van der Waals surface area (Å²) in [5, 5.41) is 3.21. The maximum Gasteiger partial charge on any atom is 0.278 e. The standard InChI is InChI=1S/C26H32N2O4/c1-6-14-32-22-11-8-20(9-12-22)23-24(27-21-10-7-18(4)19(5)16-21)26(30)28(25(23)29)13-15-31-17(2)3/h7-12,16-17,27H,6,13-15H2,1-5H3. The Balaban J connectivity index is 1.94. The van der Waals surface area contributed by atoms with E-state index in [0.29, 0.717) is 24.4 Å². The number of nitrogens with zero attached hydrogens (tertiary/aromatic N) is 1. The Kier molecular flexibility index (Phi) is 7.70. The second kappa shape index (κ2) is 10.5. The molecule has 0 aromatic heterocycles. The van der Waals surface area contributed by atoms with E-state index in [2.05, 4.69) is 5.32 Å². The minimum absolute atomic E-state index is 0.0269. The molecule has 0 saturated heterocycles. The quantitative estimate of drug-likeness (QED) is 0.547. The Morgan fingerprint density at radius 1 is 0.938 bits per heavy atom. The molecule has 1 N–H and O–H groups in total. The number of carbonyl (C=O) groups is 2. The van der Waals surface area contributed by atoms with Gasteiger partial charge in [0.05, 0.1) is 31.4 Å². The summed E-state index contributed by atoms with van der Waals surface area (Å²) in [7, 11) is 0. The van der Waals surface area contributed by atoms with E-state index in [1.54, 1.807) is 0 Å². The molecule has 0 saturated carbocycles. The first-order valence-electron chi connectivity index (χ1n) is 11.1. The summed E-state index contributed by atoms with van der Waals surface area (Å²) in [4.78, 5) is 27.8. The van der Waals surface area contributed by atoms with Gasteiger partial charge in [0.2, 0.25) is 0 Å². The molecular weight excluding hydrogens is 404 g/mol. The van der Waals surface area contributed by atoms with E-state index in [9.17, 15) is 9.59 Å². The predicted octanol–water partition coefficient (Wildman–Crippen LogP) is 4.71. The molecule has 0 aliphatic carbocycles. The average Bonchev–Trinajstić information content (AvgIpc) is 2.99. The number of hydrogen-bond acceptors (Lipinski definition) is 5. The Hall–Kier alpha value is -3.12. The monoisotopic (exact) mass is 436 g/mol. The van der Waals surface area contributed by atoms with Crippen LogP contribution in [-0.2, 0) is 14.3 Å². The van der Waals surface area contributed by atoms with Crippen LogP contribution < -0.4 is 10.1 Å². The number of carbonyl (C=O) groups excluding carboxylic acids is 2. The van der Waals surface area contributed by atoms with E-state index in [0.717, 1.165) is 29.0 Å². The van der Waals surface area contributed by atoms with Gasteiger partial charge in [0.25, 0.3) is 11.8 Å². The van der Waals surface area contributed by atoms with Crippen molar-refractivity contribution in [1.29, 1.82) is 0 Å². The average molecular weight is 437 g/mol. The van der Waals surface area contributed by atoms with Crippen molar-refractivity contribution in [3.63, 3.8) is 0 Å². The van der Waals surface area contributed by atoms with Crippen molar-refractivity contribution < 1.29 is 19.1 Å². The highest BCUT2D eigenvalue weighted by Crippen LogP contribution is 2.31. The number of hydrogen-bond donors (Lipinski definition) is 1. The van der Waals surface area contributed by atoms with Gasteiger partial charge in [-0.05, 0) is 75.1 Å². The molecule has 6 nitrogen and oxygen atoms in total. The lowest BCUT2D eigenvalue weighted by Gasteiger charge is -2.16. The van der Waals surface area contributed by atoms with Crippen molar-refractivity contribution in [2.24, 2.45) is 0 Å². The summed E-state index contributed by atoms with van der Waals surface area (Å²) in [6.45, 7) is 11.1. The lowest BCUT2D eigenvalue weighted by molar-refractivity contribution is -0.137. The van der Waals surface area contributed by atoms with Crippen molar-refractivity contribution in [1.82, 2.24) is 4.90 Å². The zero-order valence-electron chi connectivity index (χ0n) is 19.5. The van der Waals surface area contributed by atoms with Gasteiger partial charge in [-0.3, -0.25) is 14.5 Å². The fraction of sp³-hybridized carbons (Fsp3) is 0.385. The molecule has 0 atom stereocenters. The van der Waals surface area contributed by atoms with Gasteiger partial charge in [-0.2, -0.15) is 0 Å². The van der Waals surface area contributed by atoms with Crippen LogP contribution in [0.1, 0.15) is 43.9 Å². The number of amides is 2. The number of ether oxygens (including phenoxy) is 2. The fourth-order valence-electron chi connectivity index (χ4n) is 3.44. The normalized spacial score (nSPS) is 14.0. The van der Waals surface area contributed by atoms with Crippen molar-refractivity contribution in [3.8, 4) is 5.75 Å². The van der Waals surface area contributed by atoms with E-state index in [-0.39, 0.29) is 30.2 Å². The molecule has 6 heteroatoms. The second-order valence-electron chi connectivity index (χ2n) is 8.23. The molecule has 0 unspecified atom stereocenters. The summed E-state index contributed by atoms with van der Waals surface area (Å²) in [6.07, 6.45) is 0.941. The zero-order chi connectivity index (χ0) is 23.3. The number of imide groups is 1. The number of rotatable bonds is 10. The summed E-state index contributed by atoms with van der Waals surface area (Å²) in [5.74, 6) is 0.0663. The summed E-state index contributed by atoms with van der Waals surface area (Å²) < 4.78 is 11.2. The maximum atomic E-state index is 13.3. The number of benzene rings is 2. The number of aryl methyl sites for hydroxylation is 2. The summed E-state index contributed by atoms with van der Waals surface area (Å²) in [6, 6.07) is 13.2. The molecule has 0 radical (unpaired) electrons. The van der Waals surface area contributed by atoms with Gasteiger partial charge < -0.3 is 14.8 Å². The Morgan fingerprint density at radius 2 is 1.66 bits per heavy atom. The number of nitrogens with one attached hydrogen (secondary N) is 1. The van der Waals surface area contributed by atoms with Crippen LogP contribution in [0.4, 0.5) is 5.69 Å². The van der Waals surface area contributed by atoms with Gasteiger partial charge in [0.15, 0.2) is 0 Å². The van der Waals surface area contributed by atoms with Crippen molar-refractivity contribution in [2.75, 3.05) is 25.1 Å². The van der Waals surface area contributed by atoms with Crippen LogP contribution in [-0.4, -0.2) is 42.6 Å². The molecule has 3 rings (SSSR count). The summed E-state index contributed by atoms with van der Waals surface area (Å²) >= 11 is 0. The third-order valence-electron chi connectivity index (χ3n) is 5.33. The van der Waals surface area contributed by atoms with E-state index >= 15 is 0 Å². The third-order valence-corrected chi connectivity index (χ3v) is 5.33. The van der Waals surface area contributed by atoms with Gasteiger partial charge >= 0.3 is 0 Å². The molecule has 2 aromatic carbocycles. The Labute approximate surface area is 190 Å². The molecule has 2 amide bonds. The third kappa shape index (κ3) is 5.37. The molecule has 32 heavy (non-hydrogen) atoms. The fourth-order valence-corrected chi connectivity index (χ4v) is 3.44. The molecule has 1 aliphatic rings. The smallest absolute Gasteiger partial charge is 0.278 e.